The molecule has 0 aliphatic heterocycles. The maximum atomic E-state index is 4.56. The van der Waals surface area contributed by atoms with Crippen LogP contribution in [0.1, 0.15) is 47.3 Å². The van der Waals surface area contributed by atoms with Gasteiger partial charge in [0.05, 0.1) is 0 Å². The van der Waals surface area contributed by atoms with Crippen molar-refractivity contribution in [1.82, 2.24) is 10.3 Å². The van der Waals surface area contributed by atoms with Gasteiger partial charge in [0.25, 0.3) is 0 Å². The number of hydrogen-bond acceptors (Lipinski definition) is 2. The van der Waals surface area contributed by atoms with Crippen LogP contribution in [0.5, 0.6) is 0 Å². The first-order valence-corrected chi connectivity index (χ1v) is 7.82. The molecular formula is C19H26N2. The molecule has 0 radical (unpaired) electrons. The Morgan fingerprint density at radius 1 is 1.05 bits per heavy atom. The van der Waals surface area contributed by atoms with Crippen molar-refractivity contribution in [2.24, 2.45) is 0 Å². The lowest BCUT2D eigenvalue weighted by atomic mass is 9.95. The SMILES string of the molecule is CCCNC(Cc1ccc(C)cn1)c1cc(C)ccc1C. The number of rotatable bonds is 6. The van der Waals surface area contributed by atoms with E-state index in [0.717, 1.165) is 25.1 Å². The van der Waals surface area contributed by atoms with Crippen LogP contribution >= 0.6 is 0 Å². The molecule has 2 aromatic rings. The highest BCUT2D eigenvalue weighted by molar-refractivity contribution is 5.34. The Labute approximate surface area is 128 Å². The van der Waals surface area contributed by atoms with Crippen LogP contribution in [-0.2, 0) is 6.42 Å². The molecule has 2 heteroatoms. The first kappa shape index (κ1) is 15.7. The molecule has 0 bridgehead atoms. The number of nitrogens with zero attached hydrogens (tertiary/aromatic N) is 1. The molecule has 0 fully saturated rings. The summed E-state index contributed by atoms with van der Waals surface area (Å²) in [6, 6.07) is 11.3. The second-order valence-corrected chi connectivity index (χ2v) is 5.90. The van der Waals surface area contributed by atoms with Crippen molar-refractivity contribution in [2.45, 2.75) is 46.6 Å². The minimum Gasteiger partial charge on any atom is -0.310 e. The van der Waals surface area contributed by atoms with Crippen molar-refractivity contribution >= 4 is 0 Å². The van der Waals surface area contributed by atoms with E-state index in [1.54, 1.807) is 0 Å². The van der Waals surface area contributed by atoms with Gasteiger partial charge < -0.3 is 5.32 Å². The van der Waals surface area contributed by atoms with E-state index in [4.69, 9.17) is 0 Å². The van der Waals surface area contributed by atoms with Gasteiger partial charge in [-0.25, -0.2) is 0 Å². The highest BCUT2D eigenvalue weighted by Crippen LogP contribution is 2.22. The van der Waals surface area contributed by atoms with Crippen molar-refractivity contribution in [3.8, 4) is 0 Å². The van der Waals surface area contributed by atoms with Crippen LogP contribution in [0.2, 0.25) is 0 Å². The van der Waals surface area contributed by atoms with Crippen LogP contribution in [0.4, 0.5) is 0 Å². The molecular weight excluding hydrogens is 256 g/mol. The largest absolute Gasteiger partial charge is 0.310 e. The van der Waals surface area contributed by atoms with Crippen molar-refractivity contribution in [2.75, 3.05) is 6.54 Å². The Kier molecular flexibility index (Phi) is 5.51. The van der Waals surface area contributed by atoms with E-state index in [1.807, 2.05) is 6.20 Å². The lowest BCUT2D eigenvalue weighted by Gasteiger charge is -2.21. The van der Waals surface area contributed by atoms with Crippen LogP contribution < -0.4 is 5.32 Å². The third-order valence-corrected chi connectivity index (χ3v) is 3.84. The average Bonchev–Trinajstić information content (AvgIpc) is 2.48. The van der Waals surface area contributed by atoms with Gasteiger partial charge in [-0.05, 0) is 56.5 Å². The summed E-state index contributed by atoms with van der Waals surface area (Å²) in [6.45, 7) is 9.66. The maximum absolute atomic E-state index is 4.56. The van der Waals surface area contributed by atoms with E-state index in [2.05, 4.69) is 68.3 Å². The molecule has 0 saturated carbocycles. The number of benzene rings is 1. The Balaban J connectivity index is 2.25. The van der Waals surface area contributed by atoms with E-state index in [1.165, 1.54) is 22.3 Å². The summed E-state index contributed by atoms with van der Waals surface area (Å²) in [5.74, 6) is 0. The normalized spacial score (nSPS) is 12.4. The third-order valence-electron chi connectivity index (χ3n) is 3.84. The van der Waals surface area contributed by atoms with E-state index in [0.29, 0.717) is 6.04 Å². The summed E-state index contributed by atoms with van der Waals surface area (Å²) in [6.07, 6.45) is 4.03. The van der Waals surface area contributed by atoms with E-state index in [-0.39, 0.29) is 0 Å². The van der Waals surface area contributed by atoms with Gasteiger partial charge in [0.15, 0.2) is 0 Å². The molecule has 0 aliphatic rings. The van der Waals surface area contributed by atoms with E-state index >= 15 is 0 Å². The van der Waals surface area contributed by atoms with Gasteiger partial charge in [-0.3, -0.25) is 4.98 Å². The molecule has 0 amide bonds. The zero-order chi connectivity index (χ0) is 15.2. The lowest BCUT2D eigenvalue weighted by molar-refractivity contribution is 0.522. The van der Waals surface area contributed by atoms with Gasteiger partial charge in [0, 0.05) is 24.4 Å². The first-order valence-electron chi connectivity index (χ1n) is 7.82. The summed E-state index contributed by atoms with van der Waals surface area (Å²) in [4.78, 5) is 4.56. The van der Waals surface area contributed by atoms with Crippen molar-refractivity contribution in [3.05, 3.63) is 64.5 Å². The predicted octanol–water partition coefficient (Wildman–Crippen LogP) is 4.29. The summed E-state index contributed by atoms with van der Waals surface area (Å²) in [7, 11) is 0. The third kappa shape index (κ3) is 4.40. The van der Waals surface area contributed by atoms with Gasteiger partial charge in [-0.15, -0.1) is 0 Å². The Morgan fingerprint density at radius 2 is 1.81 bits per heavy atom. The number of nitrogens with one attached hydrogen (secondary N) is 1. The molecule has 1 heterocycles. The van der Waals surface area contributed by atoms with Crippen LogP contribution in [0.25, 0.3) is 0 Å². The van der Waals surface area contributed by atoms with Gasteiger partial charge >= 0.3 is 0 Å². The standard InChI is InChI=1S/C19H26N2/c1-5-10-20-19(12-17-9-7-15(3)13-21-17)18-11-14(2)6-8-16(18)4/h6-9,11,13,19-20H,5,10,12H2,1-4H3. The molecule has 0 spiro atoms. The quantitative estimate of drug-likeness (QED) is 0.855. The fourth-order valence-electron chi connectivity index (χ4n) is 2.57. The Bertz CT molecular complexity index is 573. The number of aromatic nitrogens is 1. The first-order chi connectivity index (χ1) is 10.1. The fourth-order valence-corrected chi connectivity index (χ4v) is 2.57. The summed E-state index contributed by atoms with van der Waals surface area (Å²) in [5.41, 5.74) is 6.42. The fraction of sp³-hybridized carbons (Fsp3) is 0.421. The smallest absolute Gasteiger partial charge is 0.0422 e. The second-order valence-electron chi connectivity index (χ2n) is 5.90. The van der Waals surface area contributed by atoms with E-state index < -0.39 is 0 Å². The highest BCUT2D eigenvalue weighted by Gasteiger charge is 2.14. The zero-order valence-electron chi connectivity index (χ0n) is 13.6. The summed E-state index contributed by atoms with van der Waals surface area (Å²) < 4.78 is 0. The maximum Gasteiger partial charge on any atom is 0.0422 e. The average molecular weight is 282 g/mol. The highest BCUT2D eigenvalue weighted by atomic mass is 14.9. The Morgan fingerprint density at radius 3 is 2.48 bits per heavy atom. The zero-order valence-corrected chi connectivity index (χ0v) is 13.6. The van der Waals surface area contributed by atoms with Gasteiger partial charge in [0.2, 0.25) is 0 Å². The minimum absolute atomic E-state index is 0.333. The van der Waals surface area contributed by atoms with Crippen LogP contribution in [0.3, 0.4) is 0 Å². The molecule has 1 unspecified atom stereocenters. The molecule has 1 aromatic carbocycles. The molecule has 1 N–H and O–H groups in total. The van der Waals surface area contributed by atoms with E-state index in [9.17, 15) is 0 Å². The summed E-state index contributed by atoms with van der Waals surface area (Å²) in [5, 5.41) is 3.68. The lowest BCUT2D eigenvalue weighted by Crippen LogP contribution is -2.25. The number of pyridine rings is 1. The molecule has 0 saturated heterocycles. The van der Waals surface area contributed by atoms with Gasteiger partial charge in [-0.1, -0.05) is 36.8 Å². The molecule has 21 heavy (non-hydrogen) atoms. The second kappa shape index (κ2) is 7.37. The van der Waals surface area contributed by atoms with Crippen LogP contribution in [0.15, 0.2) is 36.5 Å². The van der Waals surface area contributed by atoms with Crippen molar-refractivity contribution in [1.29, 1.82) is 0 Å². The monoisotopic (exact) mass is 282 g/mol. The minimum atomic E-state index is 0.333. The number of aryl methyl sites for hydroxylation is 3. The Hall–Kier alpha value is -1.67. The van der Waals surface area contributed by atoms with Crippen LogP contribution in [0, 0.1) is 20.8 Å². The predicted molar refractivity (Wildman–Crippen MR) is 89.6 cm³/mol. The van der Waals surface area contributed by atoms with Gasteiger partial charge in [0.1, 0.15) is 0 Å². The number of hydrogen-bond donors (Lipinski definition) is 1. The van der Waals surface area contributed by atoms with Crippen molar-refractivity contribution < 1.29 is 0 Å². The van der Waals surface area contributed by atoms with Crippen molar-refractivity contribution in [3.63, 3.8) is 0 Å². The molecule has 1 aromatic heterocycles. The molecule has 1 atom stereocenters. The van der Waals surface area contributed by atoms with Gasteiger partial charge in [-0.2, -0.15) is 0 Å². The molecule has 2 nitrogen and oxygen atoms in total. The molecule has 2 rings (SSSR count). The van der Waals surface area contributed by atoms with Crippen LogP contribution in [-0.4, -0.2) is 11.5 Å². The molecule has 112 valence electrons. The summed E-state index contributed by atoms with van der Waals surface area (Å²) >= 11 is 0. The molecule has 0 aliphatic carbocycles. The topological polar surface area (TPSA) is 24.9 Å².